The molecule has 3 aromatic heterocycles. The molecule has 0 saturated heterocycles. The van der Waals surface area contributed by atoms with Gasteiger partial charge in [0, 0.05) is 42.5 Å². The third kappa shape index (κ3) is 3.95. The lowest BCUT2D eigenvalue weighted by atomic mass is 10.1. The van der Waals surface area contributed by atoms with Gasteiger partial charge in [0.15, 0.2) is 0 Å². The summed E-state index contributed by atoms with van der Waals surface area (Å²) in [5, 5.41) is 4.45. The molecule has 0 fully saturated rings. The first kappa shape index (κ1) is 20.8. The Balaban J connectivity index is 1.29. The van der Waals surface area contributed by atoms with Crippen LogP contribution in [0.5, 0.6) is 5.75 Å². The summed E-state index contributed by atoms with van der Waals surface area (Å²) in [5.74, 6) is 2.80. The number of nitrogens with two attached hydrogens (primary N) is 1. The zero-order valence-electron chi connectivity index (χ0n) is 19.0. The molecule has 33 heavy (non-hydrogen) atoms. The van der Waals surface area contributed by atoms with Gasteiger partial charge in [-0.3, -0.25) is 0 Å². The SMILES string of the molecule is CCOc1ccc2[nH]cc(CCNc3ncc(-c4ccc5c(c4)nc(C)n5C)c(N)n3)c2c1. The van der Waals surface area contributed by atoms with Crippen LogP contribution >= 0.6 is 0 Å². The molecule has 3 heterocycles. The van der Waals surface area contributed by atoms with Gasteiger partial charge in [-0.05, 0) is 61.7 Å². The number of aromatic nitrogens is 5. The fourth-order valence-corrected chi connectivity index (χ4v) is 4.12. The van der Waals surface area contributed by atoms with E-state index in [1.54, 1.807) is 6.20 Å². The van der Waals surface area contributed by atoms with Gasteiger partial charge in [-0.2, -0.15) is 4.98 Å². The molecule has 0 aliphatic carbocycles. The molecule has 5 rings (SSSR count). The Labute approximate surface area is 191 Å². The summed E-state index contributed by atoms with van der Waals surface area (Å²) in [6, 6.07) is 12.2. The summed E-state index contributed by atoms with van der Waals surface area (Å²) < 4.78 is 7.70. The van der Waals surface area contributed by atoms with Crippen LogP contribution in [-0.2, 0) is 13.5 Å². The Morgan fingerprint density at radius 1 is 1.15 bits per heavy atom. The Morgan fingerprint density at radius 3 is 2.85 bits per heavy atom. The maximum Gasteiger partial charge on any atom is 0.224 e. The lowest BCUT2D eigenvalue weighted by Crippen LogP contribution is -2.09. The highest BCUT2D eigenvalue weighted by atomic mass is 16.5. The fourth-order valence-electron chi connectivity index (χ4n) is 4.12. The predicted octanol–water partition coefficient (Wildman–Crippen LogP) is 4.46. The van der Waals surface area contributed by atoms with E-state index in [4.69, 9.17) is 10.5 Å². The number of nitrogens with zero attached hydrogens (tertiary/aromatic N) is 4. The highest BCUT2D eigenvalue weighted by molar-refractivity contribution is 5.86. The molecule has 0 atom stereocenters. The quantitative estimate of drug-likeness (QED) is 0.344. The molecule has 0 aliphatic rings. The highest BCUT2D eigenvalue weighted by Gasteiger charge is 2.11. The number of rotatable bonds is 7. The average Bonchev–Trinajstić information content (AvgIpc) is 3.34. The number of fused-ring (bicyclic) bond motifs is 2. The van der Waals surface area contributed by atoms with Gasteiger partial charge in [0.1, 0.15) is 17.4 Å². The molecule has 0 spiro atoms. The first-order valence-electron chi connectivity index (χ1n) is 11.1. The molecule has 5 aromatic rings. The van der Waals surface area contributed by atoms with Crippen molar-refractivity contribution < 1.29 is 4.74 Å². The second-order valence-electron chi connectivity index (χ2n) is 8.05. The Bertz CT molecular complexity index is 1450. The average molecular weight is 442 g/mol. The topological polar surface area (TPSA) is 107 Å². The summed E-state index contributed by atoms with van der Waals surface area (Å²) in [4.78, 5) is 16.9. The summed E-state index contributed by atoms with van der Waals surface area (Å²) in [5.41, 5.74) is 12.4. The van der Waals surface area contributed by atoms with Crippen molar-refractivity contribution in [3.05, 3.63) is 60.2 Å². The molecule has 0 radical (unpaired) electrons. The van der Waals surface area contributed by atoms with Gasteiger partial charge in [0.2, 0.25) is 5.95 Å². The van der Waals surface area contributed by atoms with E-state index in [0.717, 1.165) is 45.7 Å². The molecule has 8 nitrogen and oxygen atoms in total. The van der Waals surface area contributed by atoms with Crippen LogP contribution in [0.3, 0.4) is 0 Å². The van der Waals surface area contributed by atoms with Gasteiger partial charge in [0.25, 0.3) is 0 Å². The van der Waals surface area contributed by atoms with Crippen LogP contribution in [-0.4, -0.2) is 37.7 Å². The molecule has 168 valence electrons. The molecule has 0 saturated carbocycles. The number of hydrogen-bond donors (Lipinski definition) is 3. The van der Waals surface area contributed by atoms with Crippen LogP contribution in [0.15, 0.2) is 48.8 Å². The van der Waals surface area contributed by atoms with Crippen LogP contribution in [0.1, 0.15) is 18.3 Å². The number of nitrogen functional groups attached to an aromatic ring is 1. The lowest BCUT2D eigenvalue weighted by molar-refractivity contribution is 0.340. The number of aryl methyl sites for hydroxylation is 2. The Kier molecular flexibility index (Phi) is 5.34. The van der Waals surface area contributed by atoms with E-state index >= 15 is 0 Å². The number of imidazole rings is 1. The third-order valence-corrected chi connectivity index (χ3v) is 5.96. The van der Waals surface area contributed by atoms with E-state index < -0.39 is 0 Å². The zero-order chi connectivity index (χ0) is 22.9. The van der Waals surface area contributed by atoms with Crippen molar-refractivity contribution in [2.75, 3.05) is 24.2 Å². The first-order chi connectivity index (χ1) is 16.0. The maximum absolute atomic E-state index is 6.28. The predicted molar refractivity (Wildman–Crippen MR) is 133 cm³/mol. The molecule has 0 unspecified atom stereocenters. The molecule has 8 heteroatoms. The van der Waals surface area contributed by atoms with Gasteiger partial charge in [0.05, 0.1) is 17.6 Å². The fraction of sp³-hybridized carbons (Fsp3) is 0.240. The zero-order valence-corrected chi connectivity index (χ0v) is 19.0. The van der Waals surface area contributed by atoms with Crippen LogP contribution in [0.4, 0.5) is 11.8 Å². The smallest absolute Gasteiger partial charge is 0.224 e. The number of anilines is 2. The molecular formula is C25H27N7O. The minimum atomic E-state index is 0.438. The van der Waals surface area contributed by atoms with E-state index in [0.29, 0.717) is 24.9 Å². The number of H-pyrrole nitrogens is 1. The molecule has 0 aliphatic heterocycles. The number of aromatic amines is 1. The monoisotopic (exact) mass is 441 g/mol. The van der Waals surface area contributed by atoms with Crippen molar-refractivity contribution in [1.82, 2.24) is 24.5 Å². The van der Waals surface area contributed by atoms with Gasteiger partial charge < -0.3 is 25.3 Å². The third-order valence-electron chi connectivity index (χ3n) is 5.96. The number of ether oxygens (including phenoxy) is 1. The number of benzene rings is 2. The summed E-state index contributed by atoms with van der Waals surface area (Å²) in [7, 11) is 2.01. The van der Waals surface area contributed by atoms with Crippen molar-refractivity contribution in [1.29, 1.82) is 0 Å². The van der Waals surface area contributed by atoms with E-state index in [-0.39, 0.29) is 0 Å². The van der Waals surface area contributed by atoms with Crippen LogP contribution in [0, 0.1) is 6.92 Å². The van der Waals surface area contributed by atoms with E-state index in [2.05, 4.69) is 42.0 Å². The normalized spacial score (nSPS) is 11.4. The summed E-state index contributed by atoms with van der Waals surface area (Å²) in [6.07, 6.45) is 4.62. The van der Waals surface area contributed by atoms with Gasteiger partial charge in [-0.25, -0.2) is 9.97 Å². The van der Waals surface area contributed by atoms with Gasteiger partial charge >= 0.3 is 0 Å². The van der Waals surface area contributed by atoms with Crippen LogP contribution in [0.25, 0.3) is 33.1 Å². The summed E-state index contributed by atoms with van der Waals surface area (Å²) in [6.45, 7) is 5.31. The summed E-state index contributed by atoms with van der Waals surface area (Å²) >= 11 is 0. The molecular weight excluding hydrogens is 414 g/mol. The van der Waals surface area contributed by atoms with Crippen molar-refractivity contribution in [3.63, 3.8) is 0 Å². The van der Waals surface area contributed by atoms with Crippen molar-refractivity contribution in [2.24, 2.45) is 7.05 Å². The standard InChI is InChI=1S/C25H27N7O/c1-4-33-18-6-7-21-19(12-18)17(13-28-21)9-10-27-25-29-14-20(24(26)31-25)16-5-8-23-22(11-16)30-15(2)32(23)3/h5-8,11-14,28H,4,9-10H2,1-3H3,(H3,26,27,29,31). The second-order valence-corrected chi connectivity index (χ2v) is 8.05. The second kappa shape index (κ2) is 8.46. The van der Waals surface area contributed by atoms with E-state index in [1.807, 2.05) is 51.4 Å². The van der Waals surface area contributed by atoms with Crippen LogP contribution < -0.4 is 15.8 Å². The lowest BCUT2D eigenvalue weighted by Gasteiger charge is -2.09. The minimum Gasteiger partial charge on any atom is -0.494 e. The molecule has 4 N–H and O–H groups in total. The first-order valence-corrected chi connectivity index (χ1v) is 11.1. The number of nitrogens with one attached hydrogen (secondary N) is 2. The van der Waals surface area contributed by atoms with Crippen LogP contribution in [0.2, 0.25) is 0 Å². The van der Waals surface area contributed by atoms with Crippen molar-refractivity contribution >= 4 is 33.7 Å². The van der Waals surface area contributed by atoms with E-state index in [9.17, 15) is 0 Å². The number of hydrogen-bond acceptors (Lipinski definition) is 6. The van der Waals surface area contributed by atoms with Gasteiger partial charge in [-0.1, -0.05) is 6.07 Å². The van der Waals surface area contributed by atoms with Crippen molar-refractivity contribution in [3.8, 4) is 16.9 Å². The molecule has 0 bridgehead atoms. The molecule has 2 aromatic carbocycles. The Morgan fingerprint density at radius 2 is 2.03 bits per heavy atom. The van der Waals surface area contributed by atoms with E-state index in [1.165, 1.54) is 10.9 Å². The van der Waals surface area contributed by atoms with Gasteiger partial charge in [-0.15, -0.1) is 0 Å². The Hall–Kier alpha value is -4.07. The molecule has 0 amide bonds. The minimum absolute atomic E-state index is 0.438. The largest absolute Gasteiger partial charge is 0.494 e. The highest BCUT2D eigenvalue weighted by Crippen LogP contribution is 2.28. The van der Waals surface area contributed by atoms with Crippen molar-refractivity contribution in [2.45, 2.75) is 20.3 Å². The maximum atomic E-state index is 6.28.